The molecule has 3 rings (SSSR count). The van der Waals surface area contributed by atoms with Gasteiger partial charge in [0.05, 0.1) is 18.3 Å². The first-order valence-electron chi connectivity index (χ1n) is 8.86. The summed E-state index contributed by atoms with van der Waals surface area (Å²) in [6.45, 7) is 6.02. The Morgan fingerprint density at radius 3 is 2.56 bits per heavy atom. The molecule has 0 saturated heterocycles. The van der Waals surface area contributed by atoms with Crippen molar-refractivity contribution in [3.8, 4) is 11.3 Å². The molecule has 1 aromatic heterocycles. The molecule has 1 unspecified atom stereocenters. The Labute approximate surface area is 162 Å². The number of carbonyl (C=O) groups is 1. The molecule has 0 amide bonds. The topological polar surface area (TPSA) is 96.7 Å². The van der Waals surface area contributed by atoms with Gasteiger partial charge in [0.1, 0.15) is 10.4 Å². The summed E-state index contributed by atoms with van der Waals surface area (Å²) in [6.07, 6.45) is 0.406. The van der Waals surface area contributed by atoms with Gasteiger partial charge in [-0.1, -0.05) is 30.3 Å². The molecule has 0 fully saturated rings. The minimum Gasteiger partial charge on any atom is -0.597 e. The van der Waals surface area contributed by atoms with Crippen molar-refractivity contribution in [1.82, 2.24) is 9.29 Å². The number of carboxylic acid groups (broad SMARTS) is 1. The number of aromatic nitrogens is 1. The van der Waals surface area contributed by atoms with Crippen LogP contribution in [0.2, 0.25) is 0 Å². The minimum absolute atomic E-state index is 0.0289. The molecule has 1 aliphatic heterocycles. The van der Waals surface area contributed by atoms with Gasteiger partial charge in [-0.25, -0.2) is 9.78 Å². The third-order valence-corrected chi connectivity index (χ3v) is 6.41. The lowest BCUT2D eigenvalue weighted by Crippen LogP contribution is -2.42. The van der Waals surface area contributed by atoms with Gasteiger partial charge in [0.2, 0.25) is 0 Å². The standard InChI is InChI=1S/C20H24N2O4S/c1-20(2,3)27(26)22-12-14-11-15(19(24)25)21-18(13-7-5-4-6-8-13)17(14)16(22)9-10-23/h4-8,11,16,23H,9-10,12H2,1-3H3,(H,24,25)/t16-,27?/m1/s1. The quantitative estimate of drug-likeness (QED) is 0.764. The Morgan fingerprint density at radius 2 is 2.00 bits per heavy atom. The number of nitrogens with zero attached hydrogens (tertiary/aromatic N) is 2. The summed E-state index contributed by atoms with van der Waals surface area (Å²) in [5.74, 6) is -1.09. The van der Waals surface area contributed by atoms with Gasteiger partial charge in [0.25, 0.3) is 0 Å². The van der Waals surface area contributed by atoms with Gasteiger partial charge in [0, 0.05) is 29.1 Å². The average molecular weight is 388 g/mol. The summed E-state index contributed by atoms with van der Waals surface area (Å²) in [7, 11) is 0. The van der Waals surface area contributed by atoms with Crippen LogP contribution in [0, 0.1) is 0 Å². The monoisotopic (exact) mass is 388 g/mol. The third kappa shape index (κ3) is 3.87. The van der Waals surface area contributed by atoms with Crippen LogP contribution in [0.4, 0.5) is 0 Å². The zero-order valence-corrected chi connectivity index (χ0v) is 16.5. The molecule has 2 atom stereocenters. The van der Waals surface area contributed by atoms with E-state index in [1.54, 1.807) is 6.07 Å². The number of aliphatic hydroxyl groups is 1. The van der Waals surface area contributed by atoms with Gasteiger partial charge in [-0.15, -0.1) is 4.31 Å². The Morgan fingerprint density at radius 1 is 1.33 bits per heavy atom. The lowest BCUT2D eigenvalue weighted by atomic mass is 9.96. The van der Waals surface area contributed by atoms with Gasteiger partial charge in [-0.05, 0) is 38.8 Å². The van der Waals surface area contributed by atoms with Gasteiger partial charge >= 0.3 is 5.97 Å². The third-order valence-electron chi connectivity index (χ3n) is 4.56. The number of rotatable bonds is 5. The van der Waals surface area contributed by atoms with Gasteiger partial charge < -0.3 is 14.8 Å². The fourth-order valence-corrected chi connectivity index (χ4v) is 4.80. The number of pyridine rings is 1. The summed E-state index contributed by atoms with van der Waals surface area (Å²) in [5, 5.41) is 19.1. The number of hydrogen-bond acceptors (Lipinski definition) is 5. The van der Waals surface area contributed by atoms with E-state index < -0.39 is 22.1 Å². The molecule has 0 spiro atoms. The highest BCUT2D eigenvalue weighted by atomic mass is 32.2. The fourth-order valence-electron chi connectivity index (χ4n) is 3.39. The molecular weight excluding hydrogens is 364 g/mol. The molecule has 7 heteroatoms. The summed E-state index contributed by atoms with van der Waals surface area (Å²) in [4.78, 5) is 16.0. The maximum absolute atomic E-state index is 13.1. The fraction of sp³-hybridized carbons (Fsp3) is 0.400. The van der Waals surface area contributed by atoms with E-state index in [0.29, 0.717) is 18.7 Å². The molecule has 2 N–H and O–H groups in total. The molecule has 0 aliphatic carbocycles. The Balaban J connectivity index is 2.18. The lowest BCUT2D eigenvalue weighted by Gasteiger charge is -2.33. The number of hydrogen-bond donors (Lipinski definition) is 2. The van der Waals surface area contributed by atoms with Crippen LogP contribution in [0.1, 0.15) is 54.8 Å². The highest BCUT2D eigenvalue weighted by molar-refractivity contribution is 7.90. The molecule has 0 bridgehead atoms. The van der Waals surface area contributed by atoms with Crippen molar-refractivity contribution in [1.29, 1.82) is 0 Å². The number of fused-ring (bicyclic) bond motifs is 1. The van der Waals surface area contributed by atoms with Gasteiger partial charge in [0.15, 0.2) is 0 Å². The minimum atomic E-state index is -1.31. The zero-order valence-electron chi connectivity index (χ0n) is 15.7. The largest absolute Gasteiger partial charge is 0.597 e. The first-order chi connectivity index (χ1) is 12.7. The van der Waals surface area contributed by atoms with E-state index in [2.05, 4.69) is 4.98 Å². The second-order valence-corrected chi connectivity index (χ2v) is 9.76. The van der Waals surface area contributed by atoms with Crippen LogP contribution in [0.15, 0.2) is 36.4 Å². The summed E-state index contributed by atoms with van der Waals surface area (Å²) < 4.78 is 14.5. The maximum Gasteiger partial charge on any atom is 0.354 e. The van der Waals surface area contributed by atoms with E-state index >= 15 is 0 Å². The van der Waals surface area contributed by atoms with Crippen molar-refractivity contribution in [3.05, 3.63) is 53.2 Å². The predicted molar refractivity (Wildman–Crippen MR) is 105 cm³/mol. The average Bonchev–Trinajstić information content (AvgIpc) is 2.99. The molecule has 0 saturated carbocycles. The maximum atomic E-state index is 13.1. The van der Waals surface area contributed by atoms with Crippen molar-refractivity contribution < 1.29 is 19.6 Å². The summed E-state index contributed by atoms with van der Waals surface area (Å²) >= 11 is -1.31. The molecule has 0 radical (unpaired) electrons. The van der Waals surface area contributed by atoms with Crippen LogP contribution in [-0.2, 0) is 17.9 Å². The van der Waals surface area contributed by atoms with Crippen molar-refractivity contribution >= 4 is 17.3 Å². The molecule has 1 aromatic carbocycles. The SMILES string of the molecule is CC(C)(C)[S+]([O-])N1Cc2cc(C(=O)O)nc(-c3ccccc3)c2[C@H]1CCO. The van der Waals surface area contributed by atoms with E-state index in [1.165, 1.54) is 0 Å². The van der Waals surface area contributed by atoms with Crippen LogP contribution in [-0.4, -0.2) is 41.4 Å². The molecule has 2 heterocycles. The smallest absolute Gasteiger partial charge is 0.354 e. The number of aromatic carboxylic acids is 1. The van der Waals surface area contributed by atoms with Crippen LogP contribution < -0.4 is 0 Å². The van der Waals surface area contributed by atoms with E-state index in [9.17, 15) is 19.6 Å². The van der Waals surface area contributed by atoms with Crippen LogP contribution >= 0.6 is 0 Å². The molecule has 1 aliphatic rings. The van der Waals surface area contributed by atoms with Crippen molar-refractivity contribution in [2.45, 2.75) is 44.5 Å². The number of benzene rings is 1. The highest BCUT2D eigenvalue weighted by Crippen LogP contribution is 2.44. The van der Waals surface area contributed by atoms with Gasteiger partial charge in [-0.2, -0.15) is 0 Å². The molecule has 2 aromatic rings. The number of carboxylic acids is 1. The van der Waals surface area contributed by atoms with Gasteiger partial charge in [-0.3, -0.25) is 0 Å². The number of aliphatic hydroxyl groups excluding tert-OH is 1. The molecule has 144 valence electrons. The Kier molecular flexibility index (Phi) is 5.58. The molecule has 27 heavy (non-hydrogen) atoms. The molecular formula is C20H24N2O4S. The highest BCUT2D eigenvalue weighted by Gasteiger charge is 2.44. The first-order valence-corrected chi connectivity index (χ1v) is 9.96. The van der Waals surface area contributed by atoms with Crippen molar-refractivity contribution in [2.75, 3.05) is 6.61 Å². The van der Waals surface area contributed by atoms with Crippen LogP contribution in [0.25, 0.3) is 11.3 Å². The van der Waals surface area contributed by atoms with Crippen molar-refractivity contribution in [2.24, 2.45) is 0 Å². The van der Waals surface area contributed by atoms with E-state index in [-0.39, 0.29) is 18.3 Å². The first kappa shape index (κ1) is 19.8. The van der Waals surface area contributed by atoms with E-state index in [1.807, 2.05) is 55.4 Å². The Hall–Kier alpha value is -1.93. The van der Waals surface area contributed by atoms with Crippen molar-refractivity contribution in [3.63, 3.8) is 0 Å². The summed E-state index contributed by atoms with van der Waals surface area (Å²) in [6, 6.07) is 10.7. The summed E-state index contributed by atoms with van der Waals surface area (Å²) in [5.41, 5.74) is 3.02. The second kappa shape index (κ2) is 7.59. The molecule has 6 nitrogen and oxygen atoms in total. The second-order valence-electron chi connectivity index (χ2n) is 7.56. The Bertz CT molecular complexity index is 836. The van der Waals surface area contributed by atoms with E-state index in [4.69, 9.17) is 0 Å². The lowest BCUT2D eigenvalue weighted by molar-refractivity contribution is 0.0690. The zero-order chi connectivity index (χ0) is 19.8. The van der Waals surface area contributed by atoms with E-state index in [0.717, 1.165) is 16.7 Å². The normalized spacial score (nSPS) is 18.3. The van der Waals surface area contributed by atoms with Crippen LogP contribution in [0.3, 0.4) is 0 Å². The van der Waals surface area contributed by atoms with Crippen LogP contribution in [0.5, 0.6) is 0 Å². The predicted octanol–water partition coefficient (Wildman–Crippen LogP) is 3.15.